The Hall–Kier alpha value is -0.960. The van der Waals surface area contributed by atoms with Gasteiger partial charge in [-0.1, -0.05) is 26.8 Å². The number of hydrogen-bond acceptors (Lipinski definition) is 3. The van der Waals surface area contributed by atoms with Crippen LogP contribution in [0.15, 0.2) is 11.6 Å². The first kappa shape index (κ1) is 13.5. The zero-order valence-electron chi connectivity index (χ0n) is 11.3. The third kappa shape index (κ3) is 2.16. The van der Waals surface area contributed by atoms with Gasteiger partial charge in [0.2, 0.25) is 0 Å². The van der Waals surface area contributed by atoms with Crippen LogP contribution >= 0.6 is 0 Å². The predicted molar refractivity (Wildman–Crippen MR) is 68.9 cm³/mol. The van der Waals surface area contributed by atoms with Gasteiger partial charge in [-0.2, -0.15) is 0 Å². The lowest BCUT2D eigenvalue weighted by Crippen LogP contribution is -2.33. The summed E-state index contributed by atoms with van der Waals surface area (Å²) in [4.78, 5) is 22.3. The molecule has 5 unspecified atom stereocenters. The molecule has 0 aliphatic heterocycles. The molecular weight excluding hydrogens is 228 g/mol. The molecule has 18 heavy (non-hydrogen) atoms. The molecule has 0 aromatic rings. The number of aliphatic hydroxyl groups excluding tert-OH is 1. The Kier molecular flexibility index (Phi) is 3.45. The lowest BCUT2D eigenvalue weighted by atomic mass is 9.81. The normalized spacial score (nSPS) is 42.7. The number of aldehydes is 2. The van der Waals surface area contributed by atoms with Crippen LogP contribution in [0.25, 0.3) is 0 Å². The van der Waals surface area contributed by atoms with Gasteiger partial charge in [0.15, 0.2) is 0 Å². The zero-order valence-corrected chi connectivity index (χ0v) is 11.3. The van der Waals surface area contributed by atoms with Gasteiger partial charge < -0.3 is 9.90 Å². The van der Waals surface area contributed by atoms with Gasteiger partial charge in [-0.25, -0.2) is 0 Å². The summed E-state index contributed by atoms with van der Waals surface area (Å²) in [6, 6.07) is 0. The summed E-state index contributed by atoms with van der Waals surface area (Å²) in [6.07, 6.45) is 4.60. The van der Waals surface area contributed by atoms with Gasteiger partial charge in [-0.05, 0) is 36.0 Å². The molecular formula is C15H22O3. The summed E-state index contributed by atoms with van der Waals surface area (Å²) in [7, 11) is 0. The molecule has 0 amide bonds. The third-order valence-corrected chi connectivity index (χ3v) is 4.73. The van der Waals surface area contributed by atoms with Crippen LogP contribution in [0.3, 0.4) is 0 Å². The van der Waals surface area contributed by atoms with Crippen molar-refractivity contribution < 1.29 is 14.7 Å². The quantitative estimate of drug-likeness (QED) is 0.762. The summed E-state index contributed by atoms with van der Waals surface area (Å²) < 4.78 is 0. The number of rotatable bonds is 2. The summed E-state index contributed by atoms with van der Waals surface area (Å²) in [5.41, 5.74) is 0.669. The molecule has 5 atom stereocenters. The van der Waals surface area contributed by atoms with E-state index in [-0.39, 0.29) is 17.3 Å². The number of aliphatic hydroxyl groups is 1. The Labute approximate surface area is 108 Å². The highest BCUT2D eigenvalue weighted by Gasteiger charge is 2.48. The van der Waals surface area contributed by atoms with Crippen LogP contribution in [0.4, 0.5) is 0 Å². The van der Waals surface area contributed by atoms with Crippen molar-refractivity contribution in [2.24, 2.45) is 29.1 Å². The van der Waals surface area contributed by atoms with Gasteiger partial charge in [0.05, 0.1) is 12.0 Å². The van der Waals surface area contributed by atoms with Crippen molar-refractivity contribution in [3.8, 4) is 0 Å². The maximum Gasteiger partial charge on any atom is 0.146 e. The number of fused-ring (bicyclic) bond motifs is 1. The van der Waals surface area contributed by atoms with Crippen molar-refractivity contribution in [3.05, 3.63) is 11.6 Å². The lowest BCUT2D eigenvalue weighted by Gasteiger charge is -2.27. The van der Waals surface area contributed by atoms with E-state index in [1.807, 2.05) is 6.08 Å². The first-order valence-corrected chi connectivity index (χ1v) is 6.70. The number of carbonyl (C=O) groups excluding carboxylic acids is 2. The highest BCUT2D eigenvalue weighted by molar-refractivity contribution is 5.81. The van der Waals surface area contributed by atoms with Gasteiger partial charge in [0.1, 0.15) is 12.6 Å². The second-order valence-corrected chi connectivity index (χ2v) is 6.70. The van der Waals surface area contributed by atoms with Crippen molar-refractivity contribution in [1.29, 1.82) is 0 Å². The molecule has 2 aliphatic carbocycles. The molecule has 0 bridgehead atoms. The van der Waals surface area contributed by atoms with E-state index in [0.717, 1.165) is 25.4 Å². The average molecular weight is 250 g/mol. The van der Waals surface area contributed by atoms with Gasteiger partial charge >= 0.3 is 0 Å². The minimum Gasteiger partial charge on any atom is -0.392 e. The van der Waals surface area contributed by atoms with Gasteiger partial charge in [0, 0.05) is 5.57 Å². The molecule has 0 aromatic heterocycles. The smallest absolute Gasteiger partial charge is 0.146 e. The standard InChI is InChI=1S/C15H22O3/c1-9-4-10(7-16)13(8-17)14(18)12-6-15(2,3)5-11(9)12/h4,7-9,11-14,18H,5-6H2,1-3H3. The number of carbonyl (C=O) groups is 2. The molecule has 0 spiro atoms. The van der Waals surface area contributed by atoms with Gasteiger partial charge in [0.25, 0.3) is 0 Å². The van der Waals surface area contributed by atoms with Crippen LogP contribution in [-0.4, -0.2) is 23.8 Å². The molecule has 2 aliphatic rings. The number of allylic oxidation sites excluding steroid dienone is 1. The summed E-state index contributed by atoms with van der Waals surface area (Å²) in [5.74, 6) is 0.0965. The Morgan fingerprint density at radius 3 is 2.44 bits per heavy atom. The SMILES string of the molecule is CC1C=C(C=O)C(C=O)C(O)C2CC(C)(C)CC12. The third-order valence-electron chi connectivity index (χ3n) is 4.73. The van der Waals surface area contributed by atoms with Crippen molar-refractivity contribution in [2.45, 2.75) is 39.7 Å². The van der Waals surface area contributed by atoms with E-state index in [4.69, 9.17) is 0 Å². The highest BCUT2D eigenvalue weighted by Crippen LogP contribution is 2.52. The van der Waals surface area contributed by atoms with Crippen molar-refractivity contribution >= 4 is 12.6 Å². The maximum atomic E-state index is 11.2. The Balaban J connectivity index is 2.39. The van der Waals surface area contributed by atoms with Crippen LogP contribution in [0.2, 0.25) is 0 Å². The summed E-state index contributed by atoms with van der Waals surface area (Å²) in [5, 5.41) is 10.4. The van der Waals surface area contributed by atoms with E-state index in [2.05, 4.69) is 20.8 Å². The fourth-order valence-corrected chi connectivity index (χ4v) is 3.89. The van der Waals surface area contributed by atoms with E-state index >= 15 is 0 Å². The Bertz CT molecular complexity index is 383. The summed E-state index contributed by atoms with van der Waals surface area (Å²) >= 11 is 0. The molecule has 1 N–H and O–H groups in total. The van der Waals surface area contributed by atoms with Gasteiger partial charge in [-0.15, -0.1) is 0 Å². The second kappa shape index (κ2) is 4.61. The first-order valence-electron chi connectivity index (χ1n) is 6.70. The monoisotopic (exact) mass is 250 g/mol. The molecule has 0 radical (unpaired) electrons. The molecule has 2 rings (SSSR count). The first-order chi connectivity index (χ1) is 8.39. The van der Waals surface area contributed by atoms with Crippen LogP contribution in [0.1, 0.15) is 33.6 Å². The van der Waals surface area contributed by atoms with Crippen molar-refractivity contribution in [1.82, 2.24) is 0 Å². The maximum absolute atomic E-state index is 11.2. The van der Waals surface area contributed by atoms with Crippen LogP contribution in [-0.2, 0) is 9.59 Å². The minimum atomic E-state index is -0.712. The molecule has 0 heterocycles. The zero-order chi connectivity index (χ0) is 13.5. The van der Waals surface area contributed by atoms with Crippen LogP contribution in [0, 0.1) is 29.1 Å². The van der Waals surface area contributed by atoms with Crippen LogP contribution < -0.4 is 0 Å². The summed E-state index contributed by atoms with van der Waals surface area (Å²) in [6.45, 7) is 6.51. The van der Waals surface area contributed by atoms with Crippen LogP contribution in [0.5, 0.6) is 0 Å². The predicted octanol–water partition coefficient (Wildman–Crippen LogP) is 1.99. The Morgan fingerprint density at radius 2 is 1.89 bits per heavy atom. The molecule has 3 heteroatoms. The van der Waals surface area contributed by atoms with E-state index < -0.39 is 12.0 Å². The fraction of sp³-hybridized carbons (Fsp3) is 0.733. The second-order valence-electron chi connectivity index (χ2n) is 6.70. The molecule has 3 nitrogen and oxygen atoms in total. The molecule has 1 fully saturated rings. The molecule has 100 valence electrons. The molecule has 1 saturated carbocycles. The largest absolute Gasteiger partial charge is 0.392 e. The minimum absolute atomic E-state index is 0.124. The van der Waals surface area contributed by atoms with Crippen molar-refractivity contribution in [3.63, 3.8) is 0 Å². The lowest BCUT2D eigenvalue weighted by molar-refractivity contribution is -0.116. The molecule has 0 saturated heterocycles. The fourth-order valence-electron chi connectivity index (χ4n) is 3.89. The van der Waals surface area contributed by atoms with E-state index in [1.54, 1.807) is 0 Å². The highest BCUT2D eigenvalue weighted by atomic mass is 16.3. The molecule has 0 aromatic carbocycles. The Morgan fingerprint density at radius 1 is 1.28 bits per heavy atom. The van der Waals surface area contributed by atoms with E-state index in [9.17, 15) is 14.7 Å². The average Bonchev–Trinajstić information content (AvgIpc) is 2.60. The topological polar surface area (TPSA) is 54.4 Å². The van der Waals surface area contributed by atoms with Crippen molar-refractivity contribution in [2.75, 3.05) is 0 Å². The van der Waals surface area contributed by atoms with E-state index in [1.165, 1.54) is 0 Å². The van der Waals surface area contributed by atoms with Gasteiger partial charge in [-0.3, -0.25) is 4.79 Å². The van der Waals surface area contributed by atoms with E-state index in [0.29, 0.717) is 11.5 Å². The number of hydrogen-bond donors (Lipinski definition) is 1.